The molecule has 0 unspecified atom stereocenters. The van der Waals surface area contributed by atoms with Gasteiger partial charge in [-0.05, 0) is 19.1 Å². The summed E-state index contributed by atoms with van der Waals surface area (Å²) in [5.41, 5.74) is 1.28. The zero-order chi connectivity index (χ0) is 19.4. The van der Waals surface area contributed by atoms with Crippen molar-refractivity contribution in [2.75, 3.05) is 18.2 Å². The van der Waals surface area contributed by atoms with E-state index in [1.807, 2.05) is 18.2 Å². The normalized spacial score (nSPS) is 10.6. The Morgan fingerprint density at radius 3 is 2.78 bits per heavy atom. The van der Waals surface area contributed by atoms with Gasteiger partial charge in [0, 0.05) is 6.92 Å². The fourth-order valence-electron chi connectivity index (χ4n) is 2.26. The molecule has 0 aliphatic rings. The van der Waals surface area contributed by atoms with Crippen LogP contribution in [-0.4, -0.2) is 39.7 Å². The summed E-state index contributed by atoms with van der Waals surface area (Å²) in [5.74, 6) is 0.657. The Kier molecular flexibility index (Phi) is 5.87. The van der Waals surface area contributed by atoms with Crippen molar-refractivity contribution in [3.8, 4) is 17.2 Å². The van der Waals surface area contributed by atoms with Crippen LogP contribution < -0.4 is 10.1 Å². The van der Waals surface area contributed by atoms with Gasteiger partial charge in [-0.25, -0.2) is 4.98 Å². The van der Waals surface area contributed by atoms with Gasteiger partial charge in [0.15, 0.2) is 10.9 Å². The molecule has 0 aliphatic heterocycles. The molecule has 2 aromatic heterocycles. The standard InChI is InChI=1S/C17H16N4O4S2/c1-9-14(10(2)22)27-16(18-9)19-13(23)8-26-17-21-20-15(25-17)11-6-4-5-7-12(11)24-3/h4-7H,8H2,1-3H3,(H,18,19,23). The number of hydrogen-bond acceptors (Lipinski definition) is 9. The number of thiazole rings is 1. The second-order valence-corrected chi connectivity index (χ2v) is 7.33. The molecule has 0 fully saturated rings. The SMILES string of the molecule is COc1ccccc1-c1nnc(SCC(=O)Nc2nc(C)c(C(C)=O)s2)o1. The van der Waals surface area contributed by atoms with Crippen LogP contribution in [-0.2, 0) is 4.79 Å². The number of nitrogens with zero attached hydrogens (tertiary/aromatic N) is 3. The number of ether oxygens (including phenoxy) is 1. The third-order valence-corrected chi connectivity index (χ3v) is 5.43. The first kappa shape index (κ1) is 19.1. The third-order valence-electron chi connectivity index (χ3n) is 3.43. The lowest BCUT2D eigenvalue weighted by Gasteiger charge is -2.03. The molecule has 1 aromatic carbocycles. The maximum Gasteiger partial charge on any atom is 0.277 e. The second kappa shape index (κ2) is 8.31. The number of carbonyl (C=O) groups excluding carboxylic acids is 2. The molecular weight excluding hydrogens is 388 g/mol. The Balaban J connectivity index is 1.61. The van der Waals surface area contributed by atoms with Crippen molar-refractivity contribution >= 4 is 39.9 Å². The Bertz CT molecular complexity index is 983. The van der Waals surface area contributed by atoms with Gasteiger partial charge in [0.05, 0.1) is 29.0 Å². The molecule has 3 aromatic rings. The number of methoxy groups -OCH3 is 1. The minimum Gasteiger partial charge on any atom is -0.496 e. The van der Waals surface area contributed by atoms with E-state index in [4.69, 9.17) is 9.15 Å². The van der Waals surface area contributed by atoms with Gasteiger partial charge < -0.3 is 14.5 Å². The fourth-order valence-corrected chi connectivity index (χ4v) is 3.70. The molecule has 27 heavy (non-hydrogen) atoms. The van der Waals surface area contributed by atoms with Crippen molar-refractivity contribution in [1.82, 2.24) is 15.2 Å². The van der Waals surface area contributed by atoms with Crippen molar-refractivity contribution in [2.45, 2.75) is 19.1 Å². The molecule has 1 N–H and O–H groups in total. The predicted molar refractivity (Wildman–Crippen MR) is 102 cm³/mol. The largest absolute Gasteiger partial charge is 0.496 e. The third kappa shape index (κ3) is 4.52. The van der Waals surface area contributed by atoms with Crippen LogP contribution in [0.4, 0.5) is 5.13 Å². The number of carbonyl (C=O) groups is 2. The minimum atomic E-state index is -0.277. The molecule has 1 amide bonds. The highest BCUT2D eigenvalue weighted by atomic mass is 32.2. The molecule has 0 spiro atoms. The number of para-hydroxylation sites is 1. The summed E-state index contributed by atoms with van der Waals surface area (Å²) in [4.78, 5) is 28.3. The van der Waals surface area contributed by atoms with E-state index < -0.39 is 0 Å². The van der Waals surface area contributed by atoms with Crippen LogP contribution in [0.2, 0.25) is 0 Å². The van der Waals surface area contributed by atoms with Crippen molar-refractivity contribution < 1.29 is 18.7 Å². The van der Waals surface area contributed by atoms with Crippen LogP contribution in [0.1, 0.15) is 22.3 Å². The fraction of sp³-hybridized carbons (Fsp3) is 0.235. The van der Waals surface area contributed by atoms with Crippen LogP contribution in [0.15, 0.2) is 33.9 Å². The molecule has 0 atom stereocenters. The van der Waals surface area contributed by atoms with Gasteiger partial charge in [0.2, 0.25) is 5.91 Å². The van der Waals surface area contributed by atoms with Crippen molar-refractivity contribution in [3.05, 3.63) is 34.8 Å². The van der Waals surface area contributed by atoms with E-state index in [2.05, 4.69) is 20.5 Å². The first-order chi connectivity index (χ1) is 13.0. The molecular formula is C17H16N4O4S2. The van der Waals surface area contributed by atoms with E-state index in [0.29, 0.717) is 32.9 Å². The lowest BCUT2D eigenvalue weighted by Crippen LogP contribution is -2.13. The van der Waals surface area contributed by atoms with Crippen molar-refractivity contribution in [3.63, 3.8) is 0 Å². The highest BCUT2D eigenvalue weighted by Crippen LogP contribution is 2.30. The smallest absolute Gasteiger partial charge is 0.277 e. The molecule has 0 saturated heterocycles. The number of rotatable bonds is 7. The second-order valence-electron chi connectivity index (χ2n) is 5.40. The summed E-state index contributed by atoms with van der Waals surface area (Å²) < 4.78 is 10.9. The van der Waals surface area contributed by atoms with Gasteiger partial charge in [-0.2, -0.15) is 0 Å². The zero-order valence-electron chi connectivity index (χ0n) is 14.8. The van der Waals surface area contributed by atoms with Crippen LogP contribution >= 0.6 is 23.1 Å². The van der Waals surface area contributed by atoms with Gasteiger partial charge in [0.1, 0.15) is 5.75 Å². The number of aryl methyl sites for hydroxylation is 1. The summed E-state index contributed by atoms with van der Waals surface area (Å²) in [7, 11) is 1.56. The monoisotopic (exact) mass is 404 g/mol. The molecule has 140 valence electrons. The number of hydrogen-bond donors (Lipinski definition) is 1. The van der Waals surface area contributed by atoms with Crippen molar-refractivity contribution in [2.24, 2.45) is 0 Å². The van der Waals surface area contributed by atoms with Gasteiger partial charge in [0.25, 0.3) is 11.1 Å². The van der Waals surface area contributed by atoms with Gasteiger partial charge in [-0.15, -0.1) is 10.2 Å². The van der Waals surface area contributed by atoms with Crippen LogP contribution in [0.25, 0.3) is 11.5 Å². The summed E-state index contributed by atoms with van der Waals surface area (Å²) in [6.45, 7) is 3.20. The average Bonchev–Trinajstić information content (AvgIpc) is 3.26. The molecule has 0 saturated carbocycles. The summed E-state index contributed by atoms with van der Waals surface area (Å²) in [6, 6.07) is 7.29. The van der Waals surface area contributed by atoms with E-state index in [0.717, 1.165) is 23.1 Å². The van der Waals surface area contributed by atoms with E-state index in [1.165, 1.54) is 6.92 Å². The number of Topliss-reactive ketones (excluding diaryl/α,β-unsaturated/α-hetero) is 1. The maximum absolute atomic E-state index is 12.1. The predicted octanol–water partition coefficient (Wildman–Crippen LogP) is 3.44. The number of benzene rings is 1. The average molecular weight is 404 g/mol. The van der Waals surface area contributed by atoms with E-state index in [9.17, 15) is 9.59 Å². The minimum absolute atomic E-state index is 0.0710. The lowest BCUT2D eigenvalue weighted by molar-refractivity contribution is -0.113. The number of ketones is 1. The Morgan fingerprint density at radius 2 is 2.07 bits per heavy atom. The number of nitrogens with one attached hydrogen (secondary N) is 1. The molecule has 0 bridgehead atoms. The highest BCUT2D eigenvalue weighted by Gasteiger charge is 2.16. The Hall–Kier alpha value is -2.72. The summed E-state index contributed by atoms with van der Waals surface area (Å²) >= 11 is 2.27. The molecule has 0 radical (unpaired) electrons. The van der Waals surface area contributed by atoms with E-state index in [-0.39, 0.29) is 22.7 Å². The zero-order valence-corrected chi connectivity index (χ0v) is 16.4. The number of anilines is 1. The molecule has 0 aliphatic carbocycles. The Labute approximate surface area is 163 Å². The topological polar surface area (TPSA) is 107 Å². The van der Waals surface area contributed by atoms with Crippen LogP contribution in [0.5, 0.6) is 5.75 Å². The van der Waals surface area contributed by atoms with E-state index >= 15 is 0 Å². The van der Waals surface area contributed by atoms with Crippen molar-refractivity contribution in [1.29, 1.82) is 0 Å². The lowest BCUT2D eigenvalue weighted by atomic mass is 10.2. The van der Waals surface area contributed by atoms with Gasteiger partial charge >= 0.3 is 0 Å². The number of aromatic nitrogens is 3. The molecule has 8 nitrogen and oxygen atoms in total. The quantitative estimate of drug-likeness (QED) is 0.471. The highest BCUT2D eigenvalue weighted by molar-refractivity contribution is 7.99. The first-order valence-corrected chi connectivity index (χ1v) is 9.66. The van der Waals surface area contributed by atoms with E-state index in [1.54, 1.807) is 20.1 Å². The molecule has 10 heteroatoms. The molecule has 3 rings (SSSR count). The maximum atomic E-state index is 12.1. The van der Waals surface area contributed by atoms with Crippen LogP contribution in [0.3, 0.4) is 0 Å². The Morgan fingerprint density at radius 1 is 1.30 bits per heavy atom. The summed E-state index contributed by atoms with van der Waals surface area (Å²) in [6.07, 6.45) is 0. The number of thioether (sulfide) groups is 1. The first-order valence-electron chi connectivity index (χ1n) is 7.86. The van der Waals surface area contributed by atoms with Crippen LogP contribution in [0, 0.1) is 6.92 Å². The molecule has 2 heterocycles. The van der Waals surface area contributed by atoms with Gasteiger partial charge in [-0.1, -0.05) is 35.2 Å². The number of amides is 1. The van der Waals surface area contributed by atoms with Gasteiger partial charge in [-0.3, -0.25) is 9.59 Å². The summed E-state index contributed by atoms with van der Waals surface area (Å²) in [5, 5.41) is 11.3.